The second-order valence-electron chi connectivity index (χ2n) is 4.78. The SMILES string of the molecule is COc1cc(C)c2c(c1)O/C(=C\c1ccccc1Br)C2=O. The van der Waals surface area contributed by atoms with E-state index in [2.05, 4.69) is 15.9 Å². The van der Waals surface area contributed by atoms with Crippen molar-refractivity contribution in [3.8, 4) is 11.5 Å². The summed E-state index contributed by atoms with van der Waals surface area (Å²) in [6.45, 7) is 1.88. The highest BCUT2D eigenvalue weighted by molar-refractivity contribution is 9.10. The molecule has 1 aliphatic rings. The minimum absolute atomic E-state index is 0.0964. The number of methoxy groups -OCH3 is 1. The summed E-state index contributed by atoms with van der Waals surface area (Å²) >= 11 is 3.46. The molecule has 0 aliphatic carbocycles. The molecule has 1 aliphatic heterocycles. The second kappa shape index (κ2) is 5.37. The zero-order valence-electron chi connectivity index (χ0n) is 11.6. The van der Waals surface area contributed by atoms with Gasteiger partial charge in [0.05, 0.1) is 12.7 Å². The summed E-state index contributed by atoms with van der Waals surface area (Å²) in [4.78, 5) is 12.5. The van der Waals surface area contributed by atoms with Crippen LogP contribution in [0.3, 0.4) is 0 Å². The number of hydrogen-bond donors (Lipinski definition) is 0. The molecule has 4 heteroatoms. The van der Waals surface area contributed by atoms with Crippen LogP contribution in [0.25, 0.3) is 6.08 Å². The number of carbonyl (C=O) groups excluding carboxylic acids is 1. The molecular formula is C17H13BrO3. The van der Waals surface area contributed by atoms with E-state index in [1.165, 1.54) is 0 Å². The number of fused-ring (bicyclic) bond motifs is 1. The number of Topliss-reactive ketones (excluding diaryl/α,β-unsaturated/α-hetero) is 1. The highest BCUT2D eigenvalue weighted by atomic mass is 79.9. The van der Waals surface area contributed by atoms with Crippen molar-refractivity contribution in [1.82, 2.24) is 0 Å². The maximum absolute atomic E-state index is 12.5. The number of carbonyl (C=O) groups is 1. The van der Waals surface area contributed by atoms with Gasteiger partial charge in [0.1, 0.15) is 11.5 Å². The van der Waals surface area contributed by atoms with Gasteiger partial charge in [-0.2, -0.15) is 0 Å². The molecule has 2 aromatic carbocycles. The Labute approximate surface area is 131 Å². The van der Waals surface area contributed by atoms with Gasteiger partial charge in [-0.15, -0.1) is 0 Å². The van der Waals surface area contributed by atoms with Crippen molar-refractivity contribution in [2.24, 2.45) is 0 Å². The van der Waals surface area contributed by atoms with Crippen molar-refractivity contribution in [3.63, 3.8) is 0 Å². The molecule has 0 aromatic heterocycles. The Morgan fingerprint density at radius 3 is 2.71 bits per heavy atom. The lowest BCUT2D eigenvalue weighted by Gasteiger charge is -2.04. The quantitative estimate of drug-likeness (QED) is 0.758. The first-order valence-electron chi connectivity index (χ1n) is 6.47. The van der Waals surface area contributed by atoms with Gasteiger partial charge in [-0.1, -0.05) is 34.1 Å². The zero-order valence-corrected chi connectivity index (χ0v) is 13.2. The number of ketones is 1. The average Bonchev–Trinajstić information content (AvgIpc) is 2.78. The fourth-order valence-electron chi connectivity index (χ4n) is 2.33. The molecule has 1 heterocycles. The summed E-state index contributed by atoms with van der Waals surface area (Å²) in [5, 5.41) is 0. The van der Waals surface area contributed by atoms with Gasteiger partial charge in [-0.25, -0.2) is 0 Å². The molecule has 0 saturated carbocycles. The van der Waals surface area contributed by atoms with E-state index in [-0.39, 0.29) is 5.78 Å². The number of allylic oxidation sites excluding steroid dienone is 1. The molecule has 0 fully saturated rings. The van der Waals surface area contributed by atoms with Crippen molar-refractivity contribution in [2.45, 2.75) is 6.92 Å². The number of aryl methyl sites for hydroxylation is 1. The van der Waals surface area contributed by atoms with Crippen LogP contribution in [-0.4, -0.2) is 12.9 Å². The first-order chi connectivity index (χ1) is 10.1. The topological polar surface area (TPSA) is 35.5 Å². The Bertz CT molecular complexity index is 763. The number of ether oxygens (including phenoxy) is 2. The molecule has 0 amide bonds. The van der Waals surface area contributed by atoms with Crippen LogP contribution in [0.15, 0.2) is 46.6 Å². The largest absolute Gasteiger partial charge is 0.497 e. The Hall–Kier alpha value is -2.07. The van der Waals surface area contributed by atoms with Crippen LogP contribution in [0.5, 0.6) is 11.5 Å². The van der Waals surface area contributed by atoms with Crippen molar-refractivity contribution in [2.75, 3.05) is 7.11 Å². The third-order valence-electron chi connectivity index (χ3n) is 3.37. The monoisotopic (exact) mass is 344 g/mol. The van der Waals surface area contributed by atoms with E-state index in [0.29, 0.717) is 22.8 Å². The maximum atomic E-state index is 12.5. The summed E-state index contributed by atoms with van der Waals surface area (Å²) in [5.74, 6) is 1.46. The molecule has 0 spiro atoms. The Balaban J connectivity index is 2.05. The first kappa shape index (κ1) is 13.9. The highest BCUT2D eigenvalue weighted by Crippen LogP contribution is 2.37. The fourth-order valence-corrected chi connectivity index (χ4v) is 2.73. The Morgan fingerprint density at radius 1 is 1.24 bits per heavy atom. The molecule has 0 atom stereocenters. The van der Waals surface area contributed by atoms with Gasteiger partial charge in [0.15, 0.2) is 5.76 Å². The smallest absolute Gasteiger partial charge is 0.232 e. The predicted molar refractivity (Wildman–Crippen MR) is 84.8 cm³/mol. The minimum atomic E-state index is -0.0964. The highest BCUT2D eigenvalue weighted by Gasteiger charge is 2.30. The van der Waals surface area contributed by atoms with Crippen molar-refractivity contribution >= 4 is 27.8 Å². The predicted octanol–water partition coefficient (Wildman–Crippen LogP) is 4.38. The Morgan fingerprint density at radius 2 is 2.00 bits per heavy atom. The van der Waals surface area contributed by atoms with Gasteiger partial charge >= 0.3 is 0 Å². The van der Waals surface area contributed by atoms with Crippen molar-refractivity contribution in [1.29, 1.82) is 0 Å². The molecule has 0 unspecified atom stereocenters. The van der Waals surface area contributed by atoms with Crippen LogP contribution < -0.4 is 9.47 Å². The van der Waals surface area contributed by atoms with Gasteiger partial charge in [-0.05, 0) is 36.3 Å². The summed E-state index contributed by atoms with van der Waals surface area (Å²) in [5.41, 5.74) is 2.36. The van der Waals surface area contributed by atoms with Crippen molar-refractivity contribution < 1.29 is 14.3 Å². The molecule has 0 N–H and O–H groups in total. The third-order valence-corrected chi connectivity index (χ3v) is 4.09. The van der Waals surface area contributed by atoms with E-state index in [1.807, 2.05) is 37.3 Å². The number of halogens is 1. The molecule has 106 valence electrons. The number of hydrogen-bond acceptors (Lipinski definition) is 3. The standard InChI is InChI=1S/C17H13BrO3/c1-10-7-12(20-2)9-14-16(10)17(19)15(21-14)8-11-5-3-4-6-13(11)18/h3-9H,1-2H3/b15-8-. The molecule has 3 nitrogen and oxygen atoms in total. The van der Waals surface area contributed by atoms with E-state index in [0.717, 1.165) is 15.6 Å². The van der Waals surface area contributed by atoms with E-state index in [4.69, 9.17) is 9.47 Å². The van der Waals surface area contributed by atoms with Gasteiger partial charge in [0.25, 0.3) is 0 Å². The number of benzene rings is 2. The zero-order chi connectivity index (χ0) is 15.0. The minimum Gasteiger partial charge on any atom is -0.497 e. The van der Waals surface area contributed by atoms with Crippen LogP contribution in [0.2, 0.25) is 0 Å². The van der Waals surface area contributed by atoms with E-state index >= 15 is 0 Å². The molecule has 0 saturated heterocycles. The molecular weight excluding hydrogens is 332 g/mol. The van der Waals surface area contributed by atoms with E-state index in [9.17, 15) is 4.79 Å². The fraction of sp³-hybridized carbons (Fsp3) is 0.118. The van der Waals surface area contributed by atoms with Crippen LogP contribution in [0.4, 0.5) is 0 Å². The van der Waals surface area contributed by atoms with E-state index in [1.54, 1.807) is 19.3 Å². The molecule has 0 radical (unpaired) electrons. The average molecular weight is 345 g/mol. The molecule has 2 aromatic rings. The van der Waals surface area contributed by atoms with Gasteiger partial charge in [0, 0.05) is 10.5 Å². The first-order valence-corrected chi connectivity index (χ1v) is 7.27. The lowest BCUT2D eigenvalue weighted by atomic mass is 10.0. The van der Waals surface area contributed by atoms with Crippen LogP contribution in [-0.2, 0) is 0 Å². The van der Waals surface area contributed by atoms with E-state index < -0.39 is 0 Å². The Kier molecular flexibility index (Phi) is 3.55. The molecule has 0 bridgehead atoms. The van der Waals surface area contributed by atoms with Crippen molar-refractivity contribution in [3.05, 3.63) is 63.3 Å². The second-order valence-corrected chi connectivity index (χ2v) is 5.63. The lowest BCUT2D eigenvalue weighted by molar-refractivity contribution is 0.101. The lowest BCUT2D eigenvalue weighted by Crippen LogP contribution is -1.99. The number of rotatable bonds is 2. The summed E-state index contributed by atoms with van der Waals surface area (Å²) in [7, 11) is 1.59. The summed E-state index contributed by atoms with van der Waals surface area (Å²) in [6.07, 6.45) is 1.75. The van der Waals surface area contributed by atoms with Gasteiger partial charge < -0.3 is 9.47 Å². The van der Waals surface area contributed by atoms with Gasteiger partial charge in [0.2, 0.25) is 5.78 Å². The van der Waals surface area contributed by atoms with Crippen LogP contribution in [0, 0.1) is 6.92 Å². The normalized spacial score (nSPS) is 15.0. The van der Waals surface area contributed by atoms with Crippen LogP contribution in [0.1, 0.15) is 21.5 Å². The molecule has 21 heavy (non-hydrogen) atoms. The maximum Gasteiger partial charge on any atom is 0.232 e. The summed E-state index contributed by atoms with van der Waals surface area (Å²) in [6, 6.07) is 11.3. The third kappa shape index (κ3) is 2.47. The summed E-state index contributed by atoms with van der Waals surface area (Å²) < 4.78 is 11.8. The van der Waals surface area contributed by atoms with Crippen LogP contribution >= 0.6 is 15.9 Å². The molecule has 3 rings (SSSR count). The van der Waals surface area contributed by atoms with Gasteiger partial charge in [-0.3, -0.25) is 4.79 Å².